The Labute approximate surface area is 186 Å². The number of anilines is 1. The molecule has 0 aliphatic rings. The fraction of sp³-hybridized carbons (Fsp3) is 0.286. The highest BCUT2D eigenvalue weighted by Gasteiger charge is 2.23. The summed E-state index contributed by atoms with van der Waals surface area (Å²) in [5, 5.41) is 4.48. The molecule has 0 aromatic heterocycles. The molecule has 0 unspecified atom stereocenters. The summed E-state index contributed by atoms with van der Waals surface area (Å²) in [5.41, 5.74) is 0.337. The van der Waals surface area contributed by atoms with Gasteiger partial charge in [0.05, 0.1) is 23.3 Å². The number of nitrogens with zero attached hydrogens (tertiary/aromatic N) is 1. The van der Waals surface area contributed by atoms with E-state index in [0.717, 1.165) is 10.4 Å². The van der Waals surface area contributed by atoms with Crippen LogP contribution < -0.4 is 19.7 Å². The van der Waals surface area contributed by atoms with Crippen molar-refractivity contribution in [3.8, 4) is 5.75 Å². The lowest BCUT2D eigenvalue weighted by Crippen LogP contribution is -2.44. The van der Waals surface area contributed by atoms with Gasteiger partial charge in [0.15, 0.2) is 6.61 Å². The van der Waals surface area contributed by atoms with Crippen molar-refractivity contribution < 1.29 is 32.3 Å². The summed E-state index contributed by atoms with van der Waals surface area (Å²) in [7, 11) is -1.09. The zero-order valence-corrected chi connectivity index (χ0v) is 18.9. The molecule has 2 aromatic carbocycles. The van der Waals surface area contributed by atoms with Crippen molar-refractivity contribution >= 4 is 33.6 Å². The molecule has 2 N–H and O–H groups in total. The van der Waals surface area contributed by atoms with Crippen LogP contribution >= 0.6 is 0 Å². The van der Waals surface area contributed by atoms with Gasteiger partial charge in [-0.2, -0.15) is 0 Å². The van der Waals surface area contributed by atoms with E-state index >= 15 is 0 Å². The van der Waals surface area contributed by atoms with E-state index in [4.69, 9.17) is 9.47 Å². The number of sulfonamides is 1. The maximum Gasteiger partial charge on any atom is 0.338 e. The highest BCUT2D eigenvalue weighted by molar-refractivity contribution is 7.92. The second kappa shape index (κ2) is 10.6. The van der Waals surface area contributed by atoms with Gasteiger partial charge in [-0.05, 0) is 56.3 Å². The van der Waals surface area contributed by atoms with Crippen LogP contribution in [-0.2, 0) is 19.6 Å². The first-order chi connectivity index (χ1) is 15.0. The summed E-state index contributed by atoms with van der Waals surface area (Å²) in [6.07, 6.45) is 0. The molecule has 0 radical (unpaired) electrons. The van der Waals surface area contributed by atoms with Crippen molar-refractivity contribution in [3.63, 3.8) is 0 Å². The monoisotopic (exact) mass is 463 g/mol. The molecule has 11 heteroatoms. The number of urea groups is 1. The maximum atomic E-state index is 13.0. The molecule has 0 saturated carbocycles. The van der Waals surface area contributed by atoms with Crippen LogP contribution in [0.2, 0.25) is 0 Å². The number of carbonyl (C=O) groups excluding carboxylic acids is 3. The molecule has 32 heavy (non-hydrogen) atoms. The van der Waals surface area contributed by atoms with Crippen LogP contribution in [0.3, 0.4) is 0 Å². The van der Waals surface area contributed by atoms with E-state index < -0.39 is 34.5 Å². The average molecular weight is 464 g/mol. The van der Waals surface area contributed by atoms with E-state index in [1.165, 1.54) is 32.4 Å². The zero-order chi connectivity index (χ0) is 23.9. The Balaban J connectivity index is 2.08. The zero-order valence-electron chi connectivity index (χ0n) is 18.1. The van der Waals surface area contributed by atoms with Crippen LogP contribution in [0.15, 0.2) is 53.4 Å². The molecular weight excluding hydrogens is 438 g/mol. The van der Waals surface area contributed by atoms with Gasteiger partial charge < -0.3 is 14.8 Å². The molecule has 172 valence electrons. The van der Waals surface area contributed by atoms with E-state index in [2.05, 4.69) is 5.32 Å². The molecule has 0 atom stereocenters. The van der Waals surface area contributed by atoms with Crippen molar-refractivity contribution in [3.05, 3.63) is 54.1 Å². The Morgan fingerprint density at radius 2 is 1.72 bits per heavy atom. The van der Waals surface area contributed by atoms with Crippen molar-refractivity contribution in [1.29, 1.82) is 0 Å². The predicted molar refractivity (Wildman–Crippen MR) is 117 cm³/mol. The maximum absolute atomic E-state index is 13.0. The minimum Gasteiger partial charge on any atom is -0.497 e. The Morgan fingerprint density at radius 3 is 2.31 bits per heavy atom. The normalized spacial score (nSPS) is 10.9. The molecule has 0 spiro atoms. The summed E-state index contributed by atoms with van der Waals surface area (Å²) in [6, 6.07) is 10.8. The summed E-state index contributed by atoms with van der Waals surface area (Å²) in [6.45, 7) is 2.74. The summed E-state index contributed by atoms with van der Waals surface area (Å²) < 4.78 is 37.0. The Hall–Kier alpha value is -3.60. The fourth-order valence-corrected chi connectivity index (χ4v) is 3.79. The van der Waals surface area contributed by atoms with Gasteiger partial charge >= 0.3 is 12.0 Å². The number of rotatable bonds is 8. The predicted octanol–water partition coefficient (Wildman–Crippen LogP) is 1.91. The van der Waals surface area contributed by atoms with E-state index in [-0.39, 0.29) is 16.5 Å². The third-order valence-electron chi connectivity index (χ3n) is 4.17. The number of methoxy groups -OCH3 is 1. The minimum atomic E-state index is -3.97. The molecule has 3 amide bonds. The lowest BCUT2D eigenvalue weighted by molar-refractivity contribution is -0.123. The quantitative estimate of drug-likeness (QED) is 0.572. The highest BCUT2D eigenvalue weighted by atomic mass is 32.2. The van der Waals surface area contributed by atoms with Gasteiger partial charge in [-0.3, -0.25) is 14.4 Å². The third kappa shape index (κ3) is 6.45. The standard InChI is InChI=1S/C21H25N3O7S/c1-14(2)22-21(27)23-19(25)13-31-20(26)15-6-5-7-18(12-15)32(28,29)24(3)16-8-10-17(30-4)11-9-16/h5-12,14H,13H2,1-4H3,(H2,22,23,25,27). The number of amides is 3. The Bertz CT molecular complexity index is 1080. The number of nitrogens with one attached hydrogen (secondary N) is 2. The van der Waals surface area contributed by atoms with E-state index in [0.29, 0.717) is 11.4 Å². The minimum absolute atomic E-state index is 0.0614. The number of ether oxygens (including phenoxy) is 2. The van der Waals surface area contributed by atoms with Crippen molar-refractivity contribution in [1.82, 2.24) is 10.6 Å². The van der Waals surface area contributed by atoms with Gasteiger partial charge in [-0.1, -0.05) is 6.07 Å². The highest BCUT2D eigenvalue weighted by Crippen LogP contribution is 2.24. The first-order valence-corrected chi connectivity index (χ1v) is 11.0. The van der Waals surface area contributed by atoms with Crippen molar-refractivity contribution in [2.75, 3.05) is 25.1 Å². The SMILES string of the molecule is COc1ccc(N(C)S(=O)(=O)c2cccc(C(=O)OCC(=O)NC(=O)NC(C)C)c2)cc1. The lowest BCUT2D eigenvalue weighted by atomic mass is 10.2. The van der Waals surface area contributed by atoms with Crippen molar-refractivity contribution in [2.24, 2.45) is 0 Å². The lowest BCUT2D eigenvalue weighted by Gasteiger charge is -2.20. The molecule has 2 aromatic rings. The second-order valence-corrected chi connectivity index (χ2v) is 8.92. The number of hydrogen-bond acceptors (Lipinski definition) is 7. The summed E-state index contributed by atoms with van der Waals surface area (Å²) in [5.74, 6) is -1.15. The molecular formula is C21H25N3O7S. The van der Waals surface area contributed by atoms with Crippen LogP contribution in [0.1, 0.15) is 24.2 Å². The van der Waals surface area contributed by atoms with Crippen LogP contribution in [0.4, 0.5) is 10.5 Å². The third-order valence-corrected chi connectivity index (χ3v) is 5.95. The molecule has 0 fully saturated rings. The van der Waals surface area contributed by atoms with Crippen LogP contribution in [0.25, 0.3) is 0 Å². The van der Waals surface area contributed by atoms with Crippen LogP contribution in [-0.4, -0.2) is 53.1 Å². The van der Waals surface area contributed by atoms with Crippen molar-refractivity contribution in [2.45, 2.75) is 24.8 Å². The number of benzene rings is 2. The number of hydrogen-bond donors (Lipinski definition) is 2. The smallest absolute Gasteiger partial charge is 0.338 e. The molecule has 2 rings (SSSR count). The fourth-order valence-electron chi connectivity index (χ4n) is 2.55. The molecule has 0 bridgehead atoms. The molecule has 0 heterocycles. The topological polar surface area (TPSA) is 131 Å². The van der Waals surface area contributed by atoms with Gasteiger partial charge in [0, 0.05) is 13.1 Å². The second-order valence-electron chi connectivity index (χ2n) is 6.95. The van der Waals surface area contributed by atoms with Crippen LogP contribution in [0.5, 0.6) is 5.75 Å². The van der Waals surface area contributed by atoms with Gasteiger partial charge in [-0.15, -0.1) is 0 Å². The summed E-state index contributed by atoms with van der Waals surface area (Å²) in [4.78, 5) is 35.4. The average Bonchev–Trinajstić information content (AvgIpc) is 2.76. The summed E-state index contributed by atoms with van der Waals surface area (Å²) >= 11 is 0. The first kappa shape index (κ1) is 24.7. The van der Waals surface area contributed by atoms with Crippen LogP contribution in [0, 0.1) is 0 Å². The van der Waals surface area contributed by atoms with Gasteiger partial charge in [0.25, 0.3) is 15.9 Å². The van der Waals surface area contributed by atoms with Gasteiger partial charge in [0.2, 0.25) is 0 Å². The Morgan fingerprint density at radius 1 is 1.06 bits per heavy atom. The number of esters is 1. The van der Waals surface area contributed by atoms with Gasteiger partial charge in [0.1, 0.15) is 5.75 Å². The largest absolute Gasteiger partial charge is 0.497 e. The molecule has 0 aliphatic carbocycles. The molecule has 0 saturated heterocycles. The van der Waals surface area contributed by atoms with Gasteiger partial charge in [-0.25, -0.2) is 18.0 Å². The van der Waals surface area contributed by atoms with E-state index in [1.807, 2.05) is 5.32 Å². The number of carbonyl (C=O) groups is 3. The van der Waals surface area contributed by atoms with E-state index in [9.17, 15) is 22.8 Å². The first-order valence-electron chi connectivity index (χ1n) is 9.55. The Kier molecular flexibility index (Phi) is 8.19. The molecule has 10 nitrogen and oxygen atoms in total. The number of imide groups is 1. The molecule has 0 aliphatic heterocycles. The van der Waals surface area contributed by atoms with E-state index in [1.54, 1.807) is 38.1 Å².